The molecule has 4 heteroatoms. The summed E-state index contributed by atoms with van der Waals surface area (Å²) in [5, 5.41) is 0.265. The fourth-order valence-corrected chi connectivity index (χ4v) is 7.53. The molecule has 2 aliphatic carbocycles. The Balaban J connectivity index is 1.69. The Kier molecular flexibility index (Phi) is 5.97. The number of ether oxygens (including phenoxy) is 1. The summed E-state index contributed by atoms with van der Waals surface area (Å²) in [4.78, 5) is 11.7. The fourth-order valence-electron chi connectivity index (χ4n) is 6.14. The molecular weight excluding hydrogens is 364 g/mol. The van der Waals surface area contributed by atoms with Gasteiger partial charge in [-0.25, -0.2) is 4.79 Å². The van der Waals surface area contributed by atoms with Crippen molar-refractivity contribution in [3.8, 4) is 0 Å². The average Bonchev–Trinajstić information content (AvgIpc) is 3.06. The highest BCUT2D eigenvalue weighted by Crippen LogP contribution is 2.59. The van der Waals surface area contributed by atoms with Crippen LogP contribution in [0.1, 0.15) is 79.6 Å². The molecule has 3 fully saturated rings. The number of fused-ring (bicyclic) bond motifs is 1. The molecule has 28 heavy (non-hydrogen) atoms. The predicted molar refractivity (Wildman–Crippen MR) is 118 cm³/mol. The molecule has 0 aromatic rings. The number of rotatable bonds is 5. The van der Waals surface area contributed by atoms with Gasteiger partial charge < -0.3 is 9.16 Å². The van der Waals surface area contributed by atoms with E-state index in [4.69, 9.17) is 9.16 Å². The van der Waals surface area contributed by atoms with Gasteiger partial charge in [0.2, 0.25) is 0 Å². The molecule has 0 aromatic heterocycles. The van der Waals surface area contributed by atoms with Gasteiger partial charge in [-0.3, -0.25) is 0 Å². The number of hydrogen-bond acceptors (Lipinski definition) is 3. The summed E-state index contributed by atoms with van der Waals surface area (Å²) in [5.41, 5.74) is 1.01. The molecule has 2 unspecified atom stereocenters. The summed E-state index contributed by atoms with van der Waals surface area (Å²) in [6, 6.07) is 0. The van der Waals surface area contributed by atoms with Crippen LogP contribution < -0.4 is 0 Å². The number of esters is 1. The lowest BCUT2D eigenvalue weighted by Gasteiger charge is -2.50. The van der Waals surface area contributed by atoms with Crippen LogP contribution in [0.15, 0.2) is 12.2 Å². The van der Waals surface area contributed by atoms with Crippen LogP contribution in [-0.4, -0.2) is 26.5 Å². The average molecular weight is 407 g/mol. The minimum atomic E-state index is -1.75. The molecule has 1 aliphatic heterocycles. The third-order valence-electron chi connectivity index (χ3n) is 8.75. The molecule has 1 heterocycles. The van der Waals surface area contributed by atoms with Gasteiger partial charge in [-0.1, -0.05) is 47.6 Å². The Morgan fingerprint density at radius 3 is 2.54 bits per heavy atom. The van der Waals surface area contributed by atoms with E-state index in [1.165, 1.54) is 32.1 Å². The summed E-state index contributed by atoms with van der Waals surface area (Å²) in [7, 11) is -1.75. The molecule has 0 amide bonds. The maximum Gasteiger partial charge on any atom is 0.333 e. The number of cyclic esters (lactones) is 1. The van der Waals surface area contributed by atoms with E-state index in [1.807, 2.05) is 0 Å². The molecule has 160 valence electrons. The first-order chi connectivity index (χ1) is 12.8. The molecule has 2 saturated carbocycles. The van der Waals surface area contributed by atoms with Gasteiger partial charge in [0.1, 0.15) is 6.10 Å². The smallest absolute Gasteiger partial charge is 0.333 e. The Morgan fingerprint density at radius 2 is 1.96 bits per heavy atom. The molecular formula is C24H42O3Si. The van der Waals surface area contributed by atoms with Gasteiger partial charge >= 0.3 is 5.97 Å². The van der Waals surface area contributed by atoms with Crippen LogP contribution in [0.2, 0.25) is 18.1 Å². The molecule has 0 aromatic carbocycles. The van der Waals surface area contributed by atoms with Crippen molar-refractivity contribution in [2.45, 2.75) is 110 Å². The normalized spacial score (nSPS) is 37.7. The molecule has 6 atom stereocenters. The minimum absolute atomic E-state index is 0.0421. The quantitative estimate of drug-likeness (QED) is 0.297. The first-order valence-electron chi connectivity index (χ1n) is 11.4. The van der Waals surface area contributed by atoms with Gasteiger partial charge in [-0.2, -0.15) is 0 Å². The lowest BCUT2D eigenvalue weighted by atomic mass is 9.61. The second-order valence-electron chi connectivity index (χ2n) is 11.7. The topological polar surface area (TPSA) is 35.5 Å². The van der Waals surface area contributed by atoms with Gasteiger partial charge in [-0.05, 0) is 73.4 Å². The van der Waals surface area contributed by atoms with Crippen LogP contribution in [0.4, 0.5) is 0 Å². The highest BCUT2D eigenvalue weighted by atomic mass is 28.4. The molecule has 3 aliphatic rings. The van der Waals surface area contributed by atoms with Crippen molar-refractivity contribution >= 4 is 14.3 Å². The molecule has 0 spiro atoms. The van der Waals surface area contributed by atoms with Crippen LogP contribution >= 0.6 is 0 Å². The van der Waals surface area contributed by atoms with Crippen LogP contribution in [0, 0.1) is 23.2 Å². The molecule has 1 saturated heterocycles. The zero-order chi connectivity index (χ0) is 20.9. The Labute approximate surface area is 173 Å². The van der Waals surface area contributed by atoms with E-state index in [0.717, 1.165) is 6.42 Å². The van der Waals surface area contributed by atoms with Crippen molar-refractivity contribution in [1.29, 1.82) is 0 Å². The monoisotopic (exact) mass is 406 g/mol. The molecule has 3 nitrogen and oxygen atoms in total. The Bertz CT molecular complexity index is 604. The maximum atomic E-state index is 11.7. The summed E-state index contributed by atoms with van der Waals surface area (Å²) in [5.74, 6) is 1.78. The molecule has 0 radical (unpaired) electrons. The van der Waals surface area contributed by atoms with Crippen molar-refractivity contribution < 1.29 is 14.0 Å². The fraction of sp³-hybridized carbons (Fsp3) is 0.875. The highest BCUT2D eigenvalue weighted by molar-refractivity contribution is 6.74. The van der Waals surface area contributed by atoms with E-state index >= 15 is 0 Å². The Hall–Kier alpha value is -0.613. The second-order valence-corrected chi connectivity index (χ2v) is 16.4. The standard InChI is InChI=1S/C24H42O3Si/c1-16(14-18-15-17(2)22(25)26-18)19-11-12-20-21(10-9-13-24(19,20)6)27-28(7,8)23(3,4)5/h16,18-21H,2,9-15H2,1,3-8H3/t16-,18-,19-,20?,21?,24-/m1/s1. The summed E-state index contributed by atoms with van der Waals surface area (Å²) in [6.07, 6.45) is 8.59. The predicted octanol–water partition coefficient (Wildman–Crippen LogP) is 6.49. The zero-order valence-corrected chi connectivity index (χ0v) is 20.3. The van der Waals surface area contributed by atoms with Crippen molar-refractivity contribution in [2.75, 3.05) is 0 Å². The third kappa shape index (κ3) is 4.01. The van der Waals surface area contributed by atoms with Crippen LogP contribution in [0.5, 0.6) is 0 Å². The van der Waals surface area contributed by atoms with E-state index in [9.17, 15) is 4.79 Å². The van der Waals surface area contributed by atoms with Gasteiger partial charge in [0, 0.05) is 18.1 Å². The number of hydrogen-bond donors (Lipinski definition) is 0. The lowest BCUT2D eigenvalue weighted by Crippen LogP contribution is -2.50. The summed E-state index contributed by atoms with van der Waals surface area (Å²) < 4.78 is 12.5. The Morgan fingerprint density at radius 1 is 1.29 bits per heavy atom. The first-order valence-corrected chi connectivity index (χ1v) is 14.3. The van der Waals surface area contributed by atoms with E-state index in [0.29, 0.717) is 41.3 Å². The largest absolute Gasteiger partial charge is 0.459 e. The van der Waals surface area contributed by atoms with Gasteiger partial charge in [0.25, 0.3) is 0 Å². The summed E-state index contributed by atoms with van der Waals surface area (Å²) >= 11 is 0. The van der Waals surface area contributed by atoms with Crippen molar-refractivity contribution in [2.24, 2.45) is 23.2 Å². The highest BCUT2D eigenvalue weighted by Gasteiger charge is 2.54. The SMILES string of the molecule is C=C1C[C@@H](C[C@@H](C)[C@H]2CCC3C(O[Si](C)(C)C(C)(C)C)CCC[C@@]32C)OC1=O. The van der Waals surface area contributed by atoms with Crippen LogP contribution in [-0.2, 0) is 14.0 Å². The maximum absolute atomic E-state index is 11.7. The van der Waals surface area contributed by atoms with E-state index in [1.54, 1.807) is 0 Å². The van der Waals surface area contributed by atoms with E-state index < -0.39 is 8.32 Å². The minimum Gasteiger partial charge on any atom is -0.459 e. The van der Waals surface area contributed by atoms with E-state index in [-0.39, 0.29) is 17.1 Å². The molecule has 3 rings (SSSR count). The number of carbonyl (C=O) groups is 1. The van der Waals surface area contributed by atoms with Crippen LogP contribution in [0.25, 0.3) is 0 Å². The van der Waals surface area contributed by atoms with Gasteiger partial charge in [-0.15, -0.1) is 0 Å². The lowest BCUT2D eigenvalue weighted by molar-refractivity contribution is -0.139. The van der Waals surface area contributed by atoms with E-state index in [2.05, 4.69) is 54.3 Å². The molecule has 0 N–H and O–H groups in total. The zero-order valence-electron chi connectivity index (χ0n) is 19.3. The van der Waals surface area contributed by atoms with Gasteiger partial charge in [0.05, 0.1) is 0 Å². The van der Waals surface area contributed by atoms with Crippen molar-refractivity contribution in [3.05, 3.63) is 12.2 Å². The molecule has 0 bridgehead atoms. The number of carbonyl (C=O) groups excluding carboxylic acids is 1. The third-order valence-corrected chi connectivity index (χ3v) is 13.3. The van der Waals surface area contributed by atoms with Crippen LogP contribution in [0.3, 0.4) is 0 Å². The first kappa shape index (κ1) is 22.1. The van der Waals surface area contributed by atoms with Gasteiger partial charge in [0.15, 0.2) is 8.32 Å². The second kappa shape index (κ2) is 7.57. The van der Waals surface area contributed by atoms with Crippen molar-refractivity contribution in [1.82, 2.24) is 0 Å². The van der Waals surface area contributed by atoms with Crippen molar-refractivity contribution in [3.63, 3.8) is 0 Å². The summed E-state index contributed by atoms with van der Waals surface area (Å²) in [6.45, 7) is 20.6.